The fourth-order valence-electron chi connectivity index (χ4n) is 3.18. The van der Waals surface area contributed by atoms with E-state index in [0.717, 1.165) is 22.2 Å². The van der Waals surface area contributed by atoms with Crippen LogP contribution >= 0.6 is 0 Å². The molecule has 0 spiro atoms. The van der Waals surface area contributed by atoms with E-state index in [1.807, 2.05) is 36.4 Å². The van der Waals surface area contributed by atoms with E-state index in [4.69, 9.17) is 4.42 Å². The monoisotopic (exact) mass is 389 g/mol. The Bertz CT molecular complexity index is 1260. The fourth-order valence-corrected chi connectivity index (χ4v) is 3.18. The number of nitrogens with zero attached hydrogens (tertiary/aromatic N) is 1. The van der Waals surface area contributed by atoms with E-state index >= 15 is 0 Å². The lowest BCUT2D eigenvalue weighted by molar-refractivity contribution is -0.384. The third-order valence-corrected chi connectivity index (χ3v) is 4.53. The average Bonchev–Trinajstić information content (AvgIpc) is 3.15. The topological polar surface area (TPSA) is 114 Å². The van der Waals surface area contributed by atoms with Gasteiger partial charge in [-0.05, 0) is 22.9 Å². The largest absolute Gasteiger partial charge is 0.464 e. The number of fused-ring (bicyclic) bond motifs is 3. The minimum atomic E-state index is -0.649. The maximum atomic E-state index is 12.3. The van der Waals surface area contributed by atoms with Crippen LogP contribution in [0.4, 0.5) is 5.69 Å². The van der Waals surface area contributed by atoms with Gasteiger partial charge in [0.1, 0.15) is 5.58 Å². The van der Waals surface area contributed by atoms with Crippen molar-refractivity contribution in [3.8, 4) is 0 Å². The molecular formula is C21H15N3O5. The number of benzene rings is 3. The molecule has 0 aliphatic heterocycles. The summed E-state index contributed by atoms with van der Waals surface area (Å²) in [6, 6.07) is 16.8. The number of hydrogen-bond donors (Lipinski definition) is 2. The number of nitro groups is 1. The number of furan rings is 1. The van der Waals surface area contributed by atoms with Gasteiger partial charge in [-0.15, -0.1) is 0 Å². The van der Waals surface area contributed by atoms with Crippen molar-refractivity contribution in [1.29, 1.82) is 0 Å². The molecule has 8 nitrogen and oxygen atoms in total. The predicted molar refractivity (Wildman–Crippen MR) is 106 cm³/mol. The Morgan fingerprint density at radius 2 is 1.83 bits per heavy atom. The van der Waals surface area contributed by atoms with Crippen molar-refractivity contribution >= 4 is 39.2 Å². The Hall–Kier alpha value is -4.20. The number of non-ortho nitro benzene ring substituents is 1. The average molecular weight is 389 g/mol. The van der Waals surface area contributed by atoms with Gasteiger partial charge in [0.05, 0.1) is 17.6 Å². The molecule has 1 aromatic heterocycles. The van der Waals surface area contributed by atoms with E-state index in [0.29, 0.717) is 11.1 Å². The van der Waals surface area contributed by atoms with Gasteiger partial charge in [0.2, 0.25) is 5.91 Å². The lowest BCUT2D eigenvalue weighted by Gasteiger charge is -2.07. The summed E-state index contributed by atoms with van der Waals surface area (Å²) in [6.45, 7) is 0. The minimum absolute atomic E-state index is 0.00374. The molecule has 4 aromatic rings. The molecule has 2 N–H and O–H groups in total. The maximum Gasteiger partial charge on any atom is 0.270 e. The molecule has 2 amide bonds. The number of hydrogen-bond acceptors (Lipinski definition) is 5. The summed E-state index contributed by atoms with van der Waals surface area (Å²) >= 11 is 0. The number of nitro benzene ring substituents is 1. The first-order valence-corrected chi connectivity index (χ1v) is 8.74. The summed E-state index contributed by atoms with van der Waals surface area (Å²) in [5.41, 5.74) is 5.83. The van der Waals surface area contributed by atoms with Crippen LogP contribution in [0.5, 0.6) is 0 Å². The second-order valence-corrected chi connectivity index (χ2v) is 6.41. The van der Waals surface area contributed by atoms with Crippen molar-refractivity contribution < 1.29 is 18.9 Å². The summed E-state index contributed by atoms with van der Waals surface area (Å²) in [6.07, 6.45) is 1.52. The lowest BCUT2D eigenvalue weighted by Crippen LogP contribution is -2.42. The number of amides is 2. The van der Waals surface area contributed by atoms with Gasteiger partial charge in [-0.1, -0.05) is 36.4 Å². The lowest BCUT2D eigenvalue weighted by atomic mass is 10.0. The molecule has 0 unspecified atom stereocenters. The Balaban J connectivity index is 1.48. The molecule has 144 valence electrons. The van der Waals surface area contributed by atoms with Crippen LogP contribution in [0.1, 0.15) is 15.9 Å². The molecule has 0 aliphatic carbocycles. The summed E-state index contributed by atoms with van der Waals surface area (Å²) < 4.78 is 5.56. The van der Waals surface area contributed by atoms with Crippen molar-refractivity contribution in [3.63, 3.8) is 0 Å². The molecule has 0 radical (unpaired) electrons. The van der Waals surface area contributed by atoms with E-state index in [-0.39, 0.29) is 17.7 Å². The number of carbonyl (C=O) groups is 2. The maximum absolute atomic E-state index is 12.3. The highest BCUT2D eigenvalue weighted by atomic mass is 16.6. The summed E-state index contributed by atoms with van der Waals surface area (Å²) in [5.74, 6) is -1.09. The number of hydrazine groups is 1. The summed E-state index contributed by atoms with van der Waals surface area (Å²) in [5, 5.41) is 13.7. The van der Waals surface area contributed by atoms with Gasteiger partial charge in [-0.3, -0.25) is 30.6 Å². The van der Waals surface area contributed by atoms with Crippen molar-refractivity contribution in [3.05, 3.63) is 88.2 Å². The van der Waals surface area contributed by atoms with E-state index in [1.54, 1.807) is 0 Å². The number of carbonyl (C=O) groups excluding carboxylic acids is 2. The van der Waals surface area contributed by atoms with Crippen LogP contribution in [-0.4, -0.2) is 16.7 Å². The van der Waals surface area contributed by atoms with Gasteiger partial charge >= 0.3 is 0 Å². The smallest absolute Gasteiger partial charge is 0.270 e. The Morgan fingerprint density at radius 1 is 1.00 bits per heavy atom. The summed E-state index contributed by atoms with van der Waals surface area (Å²) in [4.78, 5) is 34.7. The molecule has 0 bridgehead atoms. The molecule has 29 heavy (non-hydrogen) atoms. The highest BCUT2D eigenvalue weighted by molar-refractivity contribution is 6.08. The zero-order valence-electron chi connectivity index (χ0n) is 15.0. The van der Waals surface area contributed by atoms with Gasteiger partial charge < -0.3 is 4.42 Å². The van der Waals surface area contributed by atoms with Crippen LogP contribution in [0.3, 0.4) is 0 Å². The molecule has 1 heterocycles. The van der Waals surface area contributed by atoms with E-state index < -0.39 is 16.7 Å². The molecule has 0 fully saturated rings. The summed E-state index contributed by atoms with van der Waals surface area (Å²) in [7, 11) is 0. The van der Waals surface area contributed by atoms with Crippen molar-refractivity contribution in [2.75, 3.05) is 0 Å². The SMILES string of the molecule is O=C(Cc1coc2ccc3ccccc3c12)NNC(=O)c1cccc([N+](=O)[O-])c1. The quantitative estimate of drug-likeness (QED) is 0.409. The van der Waals surface area contributed by atoms with Crippen LogP contribution in [0, 0.1) is 10.1 Å². The van der Waals surface area contributed by atoms with Gasteiger partial charge in [0.25, 0.3) is 11.6 Å². The fraction of sp³-hybridized carbons (Fsp3) is 0.0476. The molecule has 0 aliphatic rings. The van der Waals surface area contributed by atoms with Crippen molar-refractivity contribution in [2.45, 2.75) is 6.42 Å². The van der Waals surface area contributed by atoms with E-state index in [1.165, 1.54) is 24.5 Å². The van der Waals surface area contributed by atoms with Gasteiger partial charge in [0, 0.05) is 28.6 Å². The van der Waals surface area contributed by atoms with Gasteiger partial charge in [0.15, 0.2) is 0 Å². The van der Waals surface area contributed by atoms with Crippen LogP contribution in [0.15, 0.2) is 71.3 Å². The predicted octanol–water partition coefficient (Wildman–Crippen LogP) is 3.50. The van der Waals surface area contributed by atoms with Crippen LogP contribution in [0.25, 0.3) is 21.7 Å². The molecule has 0 saturated heterocycles. The second kappa shape index (κ2) is 7.43. The minimum Gasteiger partial charge on any atom is -0.464 e. The highest BCUT2D eigenvalue weighted by Gasteiger charge is 2.15. The first kappa shape index (κ1) is 18.2. The number of rotatable bonds is 4. The molecule has 0 atom stereocenters. The third-order valence-electron chi connectivity index (χ3n) is 4.53. The zero-order valence-corrected chi connectivity index (χ0v) is 15.0. The molecule has 8 heteroatoms. The Morgan fingerprint density at radius 3 is 2.66 bits per heavy atom. The van der Waals surface area contributed by atoms with E-state index in [9.17, 15) is 19.7 Å². The van der Waals surface area contributed by atoms with Crippen LogP contribution in [-0.2, 0) is 11.2 Å². The zero-order chi connectivity index (χ0) is 20.4. The molecule has 4 rings (SSSR count). The normalized spacial score (nSPS) is 10.8. The van der Waals surface area contributed by atoms with E-state index in [2.05, 4.69) is 10.9 Å². The number of nitrogens with one attached hydrogen (secondary N) is 2. The molecular weight excluding hydrogens is 374 g/mol. The first-order valence-electron chi connectivity index (χ1n) is 8.74. The Kier molecular flexibility index (Phi) is 4.66. The van der Waals surface area contributed by atoms with Crippen molar-refractivity contribution in [1.82, 2.24) is 10.9 Å². The van der Waals surface area contributed by atoms with Crippen LogP contribution in [0.2, 0.25) is 0 Å². The van der Waals surface area contributed by atoms with Crippen molar-refractivity contribution in [2.24, 2.45) is 0 Å². The first-order chi connectivity index (χ1) is 14.0. The highest BCUT2D eigenvalue weighted by Crippen LogP contribution is 2.30. The third kappa shape index (κ3) is 3.63. The van der Waals surface area contributed by atoms with Gasteiger partial charge in [-0.25, -0.2) is 0 Å². The second-order valence-electron chi connectivity index (χ2n) is 6.41. The van der Waals surface area contributed by atoms with Gasteiger partial charge in [-0.2, -0.15) is 0 Å². The molecule has 0 saturated carbocycles. The van der Waals surface area contributed by atoms with Crippen LogP contribution < -0.4 is 10.9 Å². The standard InChI is InChI=1S/C21H15N3O5/c25-19(22-23-21(26)14-5-3-6-16(10-14)24(27)28)11-15-12-29-18-9-8-13-4-1-2-7-17(13)20(15)18/h1-10,12H,11H2,(H,22,25)(H,23,26). The Labute approximate surface area is 164 Å². The molecule has 3 aromatic carbocycles.